The zero-order valence-electron chi connectivity index (χ0n) is 35.3. The standard InChI is InChI=1S/C43H62N6O9/c1-22(2)19-33(39(52)48-35(24(5)6)40(53)44-27(10)38(51)47-34(42(55)56)20-23(3)4)46-37(50)26(9)45-41(54)36(25(7)8)49-43(57)58-21-32-30-17-13-11-15-28(30)29-16-12-14-18-31(29)32/h11-18,22-27,32-36H,19-21H2,1-10H3,(H,44,53)(H,45,54)(H,46,50)(H,47,51)(H,48,52)(H,49,57)(H,55,56)/t26-,27-,33-,34-,35-,36-/m0/s1. The minimum absolute atomic E-state index is 0.000992. The van der Waals surface area contributed by atoms with Crippen LogP contribution in [0.25, 0.3) is 11.1 Å². The van der Waals surface area contributed by atoms with Crippen molar-refractivity contribution in [1.29, 1.82) is 0 Å². The molecule has 6 amide bonds. The maximum atomic E-state index is 13.6. The minimum atomic E-state index is -1.19. The lowest BCUT2D eigenvalue weighted by Crippen LogP contribution is -2.60. The molecular weight excluding hydrogens is 745 g/mol. The second-order valence-corrected chi connectivity index (χ2v) is 16.6. The lowest BCUT2D eigenvalue weighted by molar-refractivity contribution is -0.142. The van der Waals surface area contributed by atoms with Crippen LogP contribution in [0.3, 0.4) is 0 Å². The topological polar surface area (TPSA) is 221 Å². The van der Waals surface area contributed by atoms with Crippen LogP contribution >= 0.6 is 0 Å². The molecule has 0 fully saturated rings. The highest BCUT2D eigenvalue weighted by atomic mass is 16.5. The predicted octanol–water partition coefficient (Wildman–Crippen LogP) is 3.85. The molecule has 15 nitrogen and oxygen atoms in total. The Kier molecular flexibility index (Phi) is 17.3. The zero-order chi connectivity index (χ0) is 43.4. The SMILES string of the molecule is CC(C)C[C@H](NC(=O)[C@H](C)NC(=O)[C@@H](NC(=O)[C@H](CC(C)C)NC(=O)[C@H](C)NC(=O)[C@@H](NC(=O)OCC1c2ccccc2-c2ccccc21)C(C)C)C(C)C)C(=O)O. The summed E-state index contributed by atoms with van der Waals surface area (Å²) in [5, 5.41) is 25.2. The summed E-state index contributed by atoms with van der Waals surface area (Å²) in [6.07, 6.45) is -0.377. The van der Waals surface area contributed by atoms with Crippen molar-refractivity contribution in [3.8, 4) is 11.1 Å². The first-order valence-corrected chi connectivity index (χ1v) is 20.1. The lowest BCUT2D eigenvalue weighted by Gasteiger charge is -2.28. The molecule has 0 unspecified atom stereocenters. The van der Waals surface area contributed by atoms with Gasteiger partial charge < -0.3 is 41.7 Å². The average molecular weight is 807 g/mol. The van der Waals surface area contributed by atoms with Crippen LogP contribution in [0, 0.1) is 23.7 Å². The highest BCUT2D eigenvalue weighted by Crippen LogP contribution is 2.44. The zero-order valence-corrected chi connectivity index (χ0v) is 35.3. The van der Waals surface area contributed by atoms with Crippen molar-refractivity contribution in [3.63, 3.8) is 0 Å². The molecule has 0 aromatic heterocycles. The number of hydrogen-bond acceptors (Lipinski definition) is 8. The molecule has 3 rings (SSSR count). The molecule has 2 aromatic rings. The number of nitrogens with one attached hydrogen (secondary N) is 6. The van der Waals surface area contributed by atoms with Crippen LogP contribution in [0.2, 0.25) is 0 Å². The van der Waals surface area contributed by atoms with Crippen molar-refractivity contribution in [1.82, 2.24) is 31.9 Å². The van der Waals surface area contributed by atoms with Gasteiger partial charge in [-0.2, -0.15) is 0 Å². The maximum absolute atomic E-state index is 13.6. The second-order valence-electron chi connectivity index (χ2n) is 16.6. The molecule has 15 heteroatoms. The van der Waals surface area contributed by atoms with E-state index in [9.17, 15) is 38.7 Å². The fourth-order valence-electron chi connectivity index (χ4n) is 6.82. The van der Waals surface area contributed by atoms with Gasteiger partial charge in [0, 0.05) is 5.92 Å². The van der Waals surface area contributed by atoms with E-state index in [-0.39, 0.29) is 43.1 Å². The molecule has 0 heterocycles. The van der Waals surface area contributed by atoms with Crippen LogP contribution in [-0.4, -0.2) is 89.6 Å². The Hall–Kier alpha value is -5.47. The summed E-state index contributed by atoms with van der Waals surface area (Å²) in [5.74, 6) is -5.51. The Morgan fingerprint density at radius 1 is 0.534 bits per heavy atom. The number of alkyl carbamates (subject to hydrolysis) is 1. The number of carbonyl (C=O) groups is 7. The largest absolute Gasteiger partial charge is 0.480 e. The second kappa shape index (κ2) is 21.3. The first-order chi connectivity index (χ1) is 27.2. The van der Waals surface area contributed by atoms with E-state index in [4.69, 9.17) is 4.74 Å². The average Bonchev–Trinajstić information content (AvgIpc) is 3.46. The number of amides is 6. The van der Waals surface area contributed by atoms with Crippen molar-refractivity contribution in [3.05, 3.63) is 59.7 Å². The molecule has 0 saturated heterocycles. The Morgan fingerprint density at radius 2 is 0.948 bits per heavy atom. The maximum Gasteiger partial charge on any atom is 0.407 e. The molecule has 318 valence electrons. The van der Waals surface area contributed by atoms with Crippen molar-refractivity contribution in [2.45, 2.75) is 124 Å². The molecule has 0 aliphatic heterocycles. The number of fused-ring (bicyclic) bond motifs is 3. The van der Waals surface area contributed by atoms with Gasteiger partial charge in [0.2, 0.25) is 29.5 Å². The number of rotatable bonds is 20. The van der Waals surface area contributed by atoms with E-state index in [2.05, 4.69) is 31.9 Å². The van der Waals surface area contributed by atoms with Crippen LogP contribution in [0.1, 0.15) is 99.1 Å². The van der Waals surface area contributed by atoms with Gasteiger partial charge >= 0.3 is 12.1 Å². The van der Waals surface area contributed by atoms with Crippen LogP contribution in [0.5, 0.6) is 0 Å². The van der Waals surface area contributed by atoms with Gasteiger partial charge in [-0.1, -0.05) is 104 Å². The molecule has 0 bridgehead atoms. The van der Waals surface area contributed by atoms with Crippen molar-refractivity contribution >= 4 is 41.6 Å². The molecular formula is C43H62N6O9. The smallest absolute Gasteiger partial charge is 0.407 e. The number of carboxylic acids is 1. The summed E-state index contributed by atoms with van der Waals surface area (Å²) in [6.45, 7) is 17.2. The Labute approximate surface area is 341 Å². The van der Waals surface area contributed by atoms with Crippen molar-refractivity contribution < 1.29 is 43.4 Å². The van der Waals surface area contributed by atoms with E-state index in [1.165, 1.54) is 13.8 Å². The number of benzene rings is 2. The Balaban J connectivity index is 1.60. The van der Waals surface area contributed by atoms with Gasteiger partial charge in [0.1, 0.15) is 42.9 Å². The normalized spacial score (nSPS) is 15.3. The summed E-state index contributed by atoms with van der Waals surface area (Å²) < 4.78 is 5.65. The van der Waals surface area contributed by atoms with Gasteiger partial charge in [-0.25, -0.2) is 9.59 Å². The third-order valence-corrected chi connectivity index (χ3v) is 9.98. The Morgan fingerprint density at radius 3 is 1.38 bits per heavy atom. The first-order valence-electron chi connectivity index (χ1n) is 20.1. The van der Waals surface area contributed by atoms with Gasteiger partial charge in [-0.05, 0) is 72.6 Å². The molecule has 1 aliphatic carbocycles. The number of carboxylic acid groups (broad SMARTS) is 1. The number of aliphatic carboxylic acids is 1. The third kappa shape index (κ3) is 13.0. The first kappa shape index (κ1) is 46.9. The minimum Gasteiger partial charge on any atom is -0.480 e. The molecule has 0 saturated carbocycles. The molecule has 6 atom stereocenters. The van der Waals surface area contributed by atoms with Crippen LogP contribution in [-0.2, 0) is 33.5 Å². The molecule has 0 radical (unpaired) electrons. The van der Waals surface area contributed by atoms with Crippen LogP contribution < -0.4 is 31.9 Å². The summed E-state index contributed by atoms with van der Waals surface area (Å²) >= 11 is 0. The summed E-state index contributed by atoms with van der Waals surface area (Å²) in [6, 6.07) is 9.29. The Bertz CT molecular complexity index is 1750. The third-order valence-electron chi connectivity index (χ3n) is 9.98. The van der Waals surface area contributed by atoms with Crippen LogP contribution in [0.4, 0.5) is 4.79 Å². The summed E-state index contributed by atoms with van der Waals surface area (Å²) in [5.41, 5.74) is 4.26. The van der Waals surface area contributed by atoms with Crippen molar-refractivity contribution in [2.75, 3.05) is 6.61 Å². The number of carbonyl (C=O) groups excluding carboxylic acids is 6. The van der Waals surface area contributed by atoms with E-state index in [0.717, 1.165) is 22.3 Å². The summed E-state index contributed by atoms with van der Waals surface area (Å²) in [4.78, 5) is 91.3. The lowest BCUT2D eigenvalue weighted by atomic mass is 9.98. The molecule has 58 heavy (non-hydrogen) atoms. The van der Waals surface area contributed by atoms with Gasteiger partial charge in [-0.3, -0.25) is 24.0 Å². The predicted molar refractivity (Wildman–Crippen MR) is 219 cm³/mol. The van der Waals surface area contributed by atoms with Gasteiger partial charge in [0.05, 0.1) is 0 Å². The fourth-order valence-corrected chi connectivity index (χ4v) is 6.82. The van der Waals surface area contributed by atoms with E-state index < -0.39 is 83.8 Å². The van der Waals surface area contributed by atoms with Gasteiger partial charge in [0.25, 0.3) is 0 Å². The van der Waals surface area contributed by atoms with E-state index >= 15 is 0 Å². The van der Waals surface area contributed by atoms with Gasteiger partial charge in [0.15, 0.2) is 0 Å². The van der Waals surface area contributed by atoms with Crippen molar-refractivity contribution in [2.24, 2.45) is 23.7 Å². The highest BCUT2D eigenvalue weighted by Gasteiger charge is 2.34. The van der Waals surface area contributed by atoms with Gasteiger partial charge in [-0.15, -0.1) is 0 Å². The number of ether oxygens (including phenoxy) is 1. The highest BCUT2D eigenvalue weighted by molar-refractivity contribution is 5.96. The molecule has 7 N–H and O–H groups in total. The number of hydrogen-bond donors (Lipinski definition) is 7. The molecule has 1 aliphatic rings. The molecule has 2 aromatic carbocycles. The summed E-state index contributed by atoms with van der Waals surface area (Å²) in [7, 11) is 0. The monoisotopic (exact) mass is 806 g/mol. The van der Waals surface area contributed by atoms with E-state index in [0.29, 0.717) is 0 Å². The van der Waals surface area contributed by atoms with E-state index in [1.807, 2.05) is 76.2 Å². The fraction of sp³-hybridized carbons (Fsp3) is 0.558. The molecule has 0 spiro atoms. The van der Waals surface area contributed by atoms with E-state index in [1.54, 1.807) is 27.7 Å². The quantitative estimate of drug-likeness (QED) is 0.103. The van der Waals surface area contributed by atoms with Crippen LogP contribution in [0.15, 0.2) is 48.5 Å².